The van der Waals surface area contributed by atoms with Gasteiger partial charge >= 0.3 is 24.1 Å². The van der Waals surface area contributed by atoms with Crippen molar-refractivity contribution in [3.63, 3.8) is 0 Å². The highest BCUT2D eigenvalue weighted by molar-refractivity contribution is 5.96. The average Bonchev–Trinajstić information content (AvgIpc) is 3.39. The van der Waals surface area contributed by atoms with Crippen LogP contribution in [0, 0.1) is 23.7 Å². The number of carbonyl (C=O) groups excluding carboxylic acids is 8. The molecule has 3 rings (SSSR count). The molecule has 0 aromatic heterocycles. The number of nitrogens with one attached hydrogen (secondary N) is 2. The lowest BCUT2D eigenvalue weighted by Crippen LogP contribution is -2.58. The lowest BCUT2D eigenvalue weighted by atomic mass is 9.85. The summed E-state index contributed by atoms with van der Waals surface area (Å²) in [5, 5.41) is 5.36. The van der Waals surface area contributed by atoms with Gasteiger partial charge in [-0.15, -0.1) is 0 Å². The monoisotopic (exact) mass is 1060 g/mol. The standard InChI is InChI=1S/C55H78F3N5O12/c1-15-32(4)44-50(68)62(12)38(10)52(70)74-45(33(5)16-2)36(8)42(73-53(71)54(72-14,55(56,57)58)40-26-22-19-23-27-40)29-28-35(7)51(69)75-46(34(6)17-3)47(65)59-37(9)48(66)63(13)41(30-39-24-20-18-21-25-39)49(67)61(11)31-43(64)60-44/h18-28,32-34,36-38,41-42,44-46H,15-17,29-31H2,1-14H3,(H,59,65)(H,60,64)/b35-28+/t32-,33+,34+,36+,37+,38+,41-,42+,44+,45+,46-,54+/m1/s1. The molecule has 0 aliphatic carbocycles. The predicted octanol–water partition coefficient (Wildman–Crippen LogP) is 6.31. The summed E-state index contributed by atoms with van der Waals surface area (Å²) in [5.74, 6) is -10.1. The maximum Gasteiger partial charge on any atom is 0.432 e. The summed E-state index contributed by atoms with van der Waals surface area (Å²) < 4.78 is 68.5. The molecular weight excluding hydrogens is 980 g/mol. The Morgan fingerprint density at radius 1 is 0.760 bits per heavy atom. The molecule has 20 heteroatoms. The van der Waals surface area contributed by atoms with Gasteiger partial charge in [-0.3, -0.25) is 24.0 Å². The molecule has 0 saturated heterocycles. The zero-order valence-electron chi connectivity index (χ0n) is 45.8. The molecule has 2 N–H and O–H groups in total. The number of benzene rings is 2. The number of esters is 3. The predicted molar refractivity (Wildman–Crippen MR) is 273 cm³/mol. The molecule has 2 aromatic rings. The van der Waals surface area contributed by atoms with Gasteiger partial charge in [0.2, 0.25) is 23.6 Å². The van der Waals surface area contributed by atoms with Crippen LogP contribution < -0.4 is 10.6 Å². The molecule has 1 heterocycles. The smallest absolute Gasteiger partial charge is 0.432 e. The van der Waals surface area contributed by atoms with Crippen LogP contribution in [0.15, 0.2) is 72.3 Å². The molecule has 2 aromatic carbocycles. The minimum atomic E-state index is -5.36. The highest BCUT2D eigenvalue weighted by Gasteiger charge is 2.64. The molecule has 12 atom stereocenters. The van der Waals surface area contributed by atoms with Gasteiger partial charge in [-0.1, -0.05) is 128 Å². The minimum absolute atomic E-state index is 0.0132. The topological polar surface area (TPSA) is 207 Å². The summed E-state index contributed by atoms with van der Waals surface area (Å²) in [6.45, 7) is 15.5. The number of alkyl halides is 3. The largest absolute Gasteiger partial charge is 0.460 e. The van der Waals surface area contributed by atoms with Crippen molar-refractivity contribution in [3.05, 3.63) is 83.4 Å². The Morgan fingerprint density at radius 3 is 1.85 bits per heavy atom. The molecular formula is C55H78F3N5O12. The van der Waals surface area contributed by atoms with E-state index in [4.69, 9.17) is 18.9 Å². The molecule has 0 bridgehead atoms. The number of amides is 5. The van der Waals surface area contributed by atoms with Crippen LogP contribution >= 0.6 is 0 Å². The molecule has 0 saturated carbocycles. The molecule has 416 valence electrons. The Hall–Kier alpha value is -6.31. The van der Waals surface area contributed by atoms with Crippen LogP contribution in [-0.2, 0) is 69.3 Å². The van der Waals surface area contributed by atoms with Crippen molar-refractivity contribution >= 4 is 47.4 Å². The van der Waals surface area contributed by atoms with Crippen LogP contribution in [0.4, 0.5) is 13.2 Å². The molecule has 17 nitrogen and oxygen atoms in total. The molecule has 0 fully saturated rings. The third kappa shape index (κ3) is 15.6. The van der Waals surface area contributed by atoms with Gasteiger partial charge in [-0.25, -0.2) is 14.4 Å². The first kappa shape index (κ1) is 63.0. The number of likely N-dealkylation sites (N-methyl/N-ethyl adjacent to an activating group) is 3. The Bertz CT molecular complexity index is 2320. The van der Waals surface area contributed by atoms with Crippen molar-refractivity contribution in [2.75, 3.05) is 34.8 Å². The Balaban J connectivity index is 2.26. The lowest BCUT2D eigenvalue weighted by Gasteiger charge is -2.38. The summed E-state index contributed by atoms with van der Waals surface area (Å²) in [7, 11) is 4.82. The van der Waals surface area contributed by atoms with Crippen molar-refractivity contribution in [1.82, 2.24) is 25.3 Å². The van der Waals surface area contributed by atoms with Crippen molar-refractivity contribution in [2.45, 2.75) is 156 Å². The van der Waals surface area contributed by atoms with E-state index >= 15 is 13.2 Å². The van der Waals surface area contributed by atoms with Gasteiger partial charge in [0.15, 0.2) is 6.10 Å². The quantitative estimate of drug-likeness (QED) is 0.177. The third-order valence-corrected chi connectivity index (χ3v) is 14.5. The van der Waals surface area contributed by atoms with Crippen LogP contribution in [-0.4, -0.2) is 146 Å². The summed E-state index contributed by atoms with van der Waals surface area (Å²) in [5.41, 5.74) is -3.65. The van der Waals surface area contributed by atoms with Gasteiger partial charge in [0.1, 0.15) is 36.4 Å². The van der Waals surface area contributed by atoms with Crippen LogP contribution in [0.5, 0.6) is 0 Å². The van der Waals surface area contributed by atoms with Crippen molar-refractivity contribution in [2.24, 2.45) is 23.7 Å². The van der Waals surface area contributed by atoms with E-state index in [0.29, 0.717) is 24.8 Å². The first-order valence-corrected chi connectivity index (χ1v) is 25.5. The molecule has 1 aliphatic heterocycles. The van der Waals surface area contributed by atoms with Crippen molar-refractivity contribution in [1.29, 1.82) is 0 Å². The second kappa shape index (κ2) is 28.0. The highest BCUT2D eigenvalue weighted by Crippen LogP contribution is 2.44. The maximum absolute atomic E-state index is 15.2. The van der Waals surface area contributed by atoms with Crippen LogP contribution in [0.3, 0.4) is 0 Å². The number of hydrogen-bond acceptors (Lipinski definition) is 12. The number of methoxy groups -OCH3 is 1. The molecule has 0 unspecified atom stereocenters. The van der Waals surface area contributed by atoms with E-state index in [-0.39, 0.29) is 12.0 Å². The molecule has 0 spiro atoms. The van der Waals surface area contributed by atoms with E-state index < -0.39 is 144 Å². The van der Waals surface area contributed by atoms with Gasteiger partial charge in [-0.2, -0.15) is 13.2 Å². The van der Waals surface area contributed by atoms with E-state index in [9.17, 15) is 38.4 Å². The maximum atomic E-state index is 15.2. The lowest BCUT2D eigenvalue weighted by molar-refractivity contribution is -0.279. The van der Waals surface area contributed by atoms with E-state index in [0.717, 1.165) is 33.9 Å². The second-order valence-electron chi connectivity index (χ2n) is 19.8. The molecule has 0 radical (unpaired) electrons. The van der Waals surface area contributed by atoms with Crippen LogP contribution in [0.25, 0.3) is 0 Å². The van der Waals surface area contributed by atoms with Crippen LogP contribution in [0.2, 0.25) is 0 Å². The number of nitrogens with zero attached hydrogens (tertiary/aromatic N) is 3. The van der Waals surface area contributed by atoms with Gasteiger partial charge < -0.3 is 44.3 Å². The Labute approximate surface area is 439 Å². The van der Waals surface area contributed by atoms with E-state index in [1.165, 1.54) is 73.1 Å². The summed E-state index contributed by atoms with van der Waals surface area (Å²) in [6, 6.07) is 10.0. The van der Waals surface area contributed by atoms with Gasteiger partial charge in [0.25, 0.3) is 11.5 Å². The number of halogens is 3. The van der Waals surface area contributed by atoms with E-state index in [1.807, 2.05) is 0 Å². The summed E-state index contributed by atoms with van der Waals surface area (Å²) in [4.78, 5) is 117. The first-order chi connectivity index (χ1) is 35.1. The SMILES string of the molecule is CC[C@@H](C)[C@@H]1NC(=O)CN(C)C(=O)[C@@H](Cc2ccccc2)N(C)C(=O)[C@H](C)NC(=O)[C@@H]([C@@H](C)CC)OC(=O)/C(C)=C/C[C@H](OC(=O)[C@@](OC)(c2ccccc2)C(F)(F)F)[C@H](C)[C@H]([C@@H](C)CC)OC(=O)[C@H](C)N(C)C1=O. The fraction of sp³-hybridized carbons (Fsp3) is 0.600. The fourth-order valence-corrected chi connectivity index (χ4v) is 8.68. The van der Waals surface area contributed by atoms with Gasteiger partial charge in [-0.05, 0) is 44.6 Å². The van der Waals surface area contributed by atoms with E-state index in [1.54, 1.807) is 71.9 Å². The van der Waals surface area contributed by atoms with Gasteiger partial charge in [0, 0.05) is 64.1 Å². The molecule has 1 aliphatic rings. The van der Waals surface area contributed by atoms with E-state index in [2.05, 4.69) is 10.6 Å². The third-order valence-electron chi connectivity index (χ3n) is 14.5. The minimum Gasteiger partial charge on any atom is -0.460 e. The van der Waals surface area contributed by atoms with Crippen LogP contribution in [0.1, 0.15) is 106 Å². The van der Waals surface area contributed by atoms with Crippen molar-refractivity contribution < 1.29 is 70.5 Å². The number of rotatable bonds is 12. The fourth-order valence-electron chi connectivity index (χ4n) is 8.68. The number of cyclic esters (lactones) is 2. The Morgan fingerprint density at radius 2 is 1.32 bits per heavy atom. The van der Waals surface area contributed by atoms with Gasteiger partial charge in [0.05, 0.1) is 6.54 Å². The first-order valence-electron chi connectivity index (χ1n) is 25.5. The number of ether oxygens (including phenoxy) is 4. The summed E-state index contributed by atoms with van der Waals surface area (Å²) >= 11 is 0. The summed E-state index contributed by atoms with van der Waals surface area (Å²) in [6.07, 6.45) is -7.63. The number of carbonyl (C=O) groups is 8. The normalized spacial score (nSPS) is 26.9. The second-order valence-corrected chi connectivity index (χ2v) is 19.8. The zero-order chi connectivity index (χ0) is 56.7. The van der Waals surface area contributed by atoms with Crippen molar-refractivity contribution in [3.8, 4) is 0 Å². The molecule has 75 heavy (non-hydrogen) atoms. The highest BCUT2D eigenvalue weighted by atomic mass is 19.4. The number of hydrogen-bond donors (Lipinski definition) is 2. The average molecular weight is 1060 g/mol. The Kier molecular flexibility index (Phi) is 23.5. The zero-order valence-corrected chi connectivity index (χ0v) is 45.8. The molecule has 5 amide bonds.